The van der Waals surface area contributed by atoms with Crippen LogP contribution >= 0.6 is 0 Å². The second-order valence-corrected chi connectivity index (χ2v) is 5.00. The molecule has 1 rings (SSSR count). The summed E-state index contributed by atoms with van der Waals surface area (Å²) in [5.74, 6) is 4.98. The van der Waals surface area contributed by atoms with E-state index in [1.807, 2.05) is 23.9 Å². The Labute approximate surface area is 84.1 Å². The van der Waals surface area contributed by atoms with Gasteiger partial charge in [0.15, 0.2) is 0 Å². The Bertz CT molecular complexity index is 429. The Balaban J connectivity index is 3.51. The van der Waals surface area contributed by atoms with Gasteiger partial charge in [-0.3, -0.25) is 5.84 Å². The van der Waals surface area contributed by atoms with E-state index in [0.29, 0.717) is 11.1 Å². The molecule has 1 aromatic rings. The summed E-state index contributed by atoms with van der Waals surface area (Å²) in [7, 11) is -3.55. The van der Waals surface area contributed by atoms with Crippen molar-refractivity contribution in [3.05, 3.63) is 28.8 Å². The zero-order valence-electron chi connectivity index (χ0n) is 8.46. The third-order valence-electron chi connectivity index (χ3n) is 2.03. The van der Waals surface area contributed by atoms with Gasteiger partial charge >= 0.3 is 0 Å². The van der Waals surface area contributed by atoms with Crippen LogP contribution in [0.4, 0.5) is 0 Å². The maximum atomic E-state index is 11.5. The first-order chi connectivity index (χ1) is 6.38. The summed E-state index contributed by atoms with van der Waals surface area (Å²) >= 11 is 0. The zero-order valence-corrected chi connectivity index (χ0v) is 9.27. The van der Waals surface area contributed by atoms with Gasteiger partial charge in [-0.15, -0.1) is 0 Å². The summed E-state index contributed by atoms with van der Waals surface area (Å²) in [6.07, 6.45) is 0. The lowest BCUT2D eigenvalue weighted by atomic mass is 10.1. The van der Waals surface area contributed by atoms with Crippen LogP contribution in [-0.2, 0) is 10.0 Å². The van der Waals surface area contributed by atoms with Crippen molar-refractivity contribution in [2.24, 2.45) is 5.84 Å². The van der Waals surface area contributed by atoms with E-state index in [4.69, 9.17) is 5.84 Å². The van der Waals surface area contributed by atoms with Gasteiger partial charge in [-0.25, -0.2) is 8.42 Å². The van der Waals surface area contributed by atoms with Crippen LogP contribution in [0.5, 0.6) is 0 Å². The number of nitrogens with one attached hydrogen (secondary N) is 1. The SMILES string of the molecule is Cc1cc(C)c(S(=O)(=O)NN)c(C)c1. The average molecular weight is 214 g/mol. The fourth-order valence-electron chi connectivity index (χ4n) is 1.65. The molecule has 0 amide bonds. The molecule has 0 fully saturated rings. The highest BCUT2D eigenvalue weighted by molar-refractivity contribution is 7.89. The third kappa shape index (κ3) is 1.95. The Hall–Kier alpha value is -0.910. The second-order valence-electron chi connectivity index (χ2n) is 3.35. The smallest absolute Gasteiger partial charge is 0.253 e. The van der Waals surface area contributed by atoms with Crippen LogP contribution in [0.2, 0.25) is 0 Å². The van der Waals surface area contributed by atoms with Crippen LogP contribution < -0.4 is 10.7 Å². The summed E-state index contributed by atoms with van der Waals surface area (Å²) in [4.78, 5) is 2.10. The Morgan fingerprint density at radius 1 is 1.14 bits per heavy atom. The maximum absolute atomic E-state index is 11.5. The lowest BCUT2D eigenvalue weighted by molar-refractivity contribution is 0.583. The van der Waals surface area contributed by atoms with Crippen LogP contribution in [0.25, 0.3) is 0 Å². The number of hydrazine groups is 1. The molecule has 0 radical (unpaired) electrons. The molecule has 5 heteroatoms. The molecule has 0 atom stereocenters. The second kappa shape index (κ2) is 3.68. The first-order valence-electron chi connectivity index (χ1n) is 4.18. The van der Waals surface area contributed by atoms with Crippen molar-refractivity contribution >= 4 is 10.0 Å². The number of sulfonamides is 1. The summed E-state index contributed by atoms with van der Waals surface area (Å²) in [5.41, 5.74) is 2.46. The van der Waals surface area contributed by atoms with E-state index in [1.165, 1.54) is 0 Å². The fraction of sp³-hybridized carbons (Fsp3) is 0.333. The van der Waals surface area contributed by atoms with Crippen molar-refractivity contribution in [1.82, 2.24) is 4.83 Å². The van der Waals surface area contributed by atoms with Crippen LogP contribution in [0.15, 0.2) is 17.0 Å². The van der Waals surface area contributed by atoms with Crippen LogP contribution in [-0.4, -0.2) is 8.42 Å². The molecule has 78 valence electrons. The molecule has 0 aliphatic heterocycles. The van der Waals surface area contributed by atoms with Gasteiger partial charge in [-0.05, 0) is 31.9 Å². The fourth-order valence-corrected chi connectivity index (χ4v) is 2.73. The van der Waals surface area contributed by atoms with Gasteiger partial charge < -0.3 is 0 Å². The molecule has 0 heterocycles. The van der Waals surface area contributed by atoms with Crippen molar-refractivity contribution in [2.75, 3.05) is 0 Å². The Kier molecular flexibility index (Phi) is 2.94. The number of hydrogen-bond acceptors (Lipinski definition) is 3. The molecule has 0 bridgehead atoms. The van der Waals surface area contributed by atoms with Crippen LogP contribution in [0, 0.1) is 20.8 Å². The molecule has 0 aliphatic rings. The lowest BCUT2D eigenvalue weighted by Gasteiger charge is -2.10. The first-order valence-corrected chi connectivity index (χ1v) is 5.67. The van der Waals surface area contributed by atoms with E-state index in [0.717, 1.165) is 5.56 Å². The lowest BCUT2D eigenvalue weighted by Crippen LogP contribution is -2.31. The Morgan fingerprint density at radius 2 is 1.57 bits per heavy atom. The van der Waals surface area contributed by atoms with Crippen molar-refractivity contribution in [2.45, 2.75) is 25.7 Å². The molecule has 0 spiro atoms. The minimum atomic E-state index is -3.55. The summed E-state index contributed by atoms with van der Waals surface area (Å²) < 4.78 is 23.0. The van der Waals surface area contributed by atoms with E-state index in [2.05, 4.69) is 0 Å². The highest BCUT2D eigenvalue weighted by Gasteiger charge is 2.17. The van der Waals surface area contributed by atoms with Crippen molar-refractivity contribution in [3.63, 3.8) is 0 Å². The maximum Gasteiger partial charge on any atom is 0.253 e. The molecule has 1 aromatic carbocycles. The molecule has 0 saturated heterocycles. The molecule has 0 aromatic heterocycles. The topological polar surface area (TPSA) is 72.2 Å². The minimum Gasteiger partial charge on any atom is -0.257 e. The highest BCUT2D eigenvalue weighted by atomic mass is 32.2. The molecule has 4 nitrogen and oxygen atoms in total. The summed E-state index contributed by atoms with van der Waals surface area (Å²) in [5, 5.41) is 0. The van der Waals surface area contributed by atoms with Crippen LogP contribution in [0.1, 0.15) is 16.7 Å². The van der Waals surface area contributed by atoms with E-state index < -0.39 is 10.0 Å². The average Bonchev–Trinajstić information content (AvgIpc) is 2.01. The van der Waals surface area contributed by atoms with Crippen molar-refractivity contribution in [1.29, 1.82) is 0 Å². The largest absolute Gasteiger partial charge is 0.257 e. The van der Waals surface area contributed by atoms with Gasteiger partial charge in [0.2, 0.25) is 0 Å². The van der Waals surface area contributed by atoms with Crippen LogP contribution in [0.3, 0.4) is 0 Å². The molecular weight excluding hydrogens is 200 g/mol. The van der Waals surface area contributed by atoms with E-state index in [-0.39, 0.29) is 4.90 Å². The third-order valence-corrected chi connectivity index (χ3v) is 3.52. The predicted octanol–water partition coefficient (Wildman–Crippen LogP) is 0.764. The molecule has 14 heavy (non-hydrogen) atoms. The number of rotatable bonds is 2. The molecule has 0 unspecified atom stereocenters. The first kappa shape index (κ1) is 11.2. The highest BCUT2D eigenvalue weighted by Crippen LogP contribution is 2.20. The van der Waals surface area contributed by atoms with Gasteiger partial charge in [-0.2, -0.15) is 4.83 Å². The standard InChI is InChI=1S/C9H14N2O2S/c1-6-4-7(2)9(8(3)5-6)14(12,13)11-10/h4-5,11H,10H2,1-3H3. The minimum absolute atomic E-state index is 0.269. The quantitative estimate of drug-likeness (QED) is 0.564. The van der Waals surface area contributed by atoms with Crippen molar-refractivity contribution in [3.8, 4) is 0 Å². The van der Waals surface area contributed by atoms with E-state index >= 15 is 0 Å². The molecular formula is C9H14N2O2S. The van der Waals surface area contributed by atoms with Gasteiger partial charge in [-0.1, -0.05) is 17.7 Å². The number of hydrogen-bond donors (Lipinski definition) is 2. The monoisotopic (exact) mass is 214 g/mol. The molecule has 0 aliphatic carbocycles. The number of aryl methyl sites for hydroxylation is 3. The Morgan fingerprint density at radius 3 is 1.93 bits per heavy atom. The summed E-state index contributed by atoms with van der Waals surface area (Å²) in [6.45, 7) is 5.43. The molecule has 0 saturated carbocycles. The van der Waals surface area contributed by atoms with Gasteiger partial charge in [0, 0.05) is 0 Å². The molecule has 3 N–H and O–H groups in total. The van der Waals surface area contributed by atoms with Crippen molar-refractivity contribution < 1.29 is 8.42 Å². The summed E-state index contributed by atoms with van der Waals surface area (Å²) in [6, 6.07) is 3.63. The number of nitrogens with two attached hydrogens (primary N) is 1. The van der Waals surface area contributed by atoms with Gasteiger partial charge in [0.1, 0.15) is 0 Å². The van der Waals surface area contributed by atoms with E-state index in [1.54, 1.807) is 13.8 Å². The predicted molar refractivity (Wildman–Crippen MR) is 55.2 cm³/mol. The van der Waals surface area contributed by atoms with Gasteiger partial charge in [0.05, 0.1) is 4.90 Å². The van der Waals surface area contributed by atoms with E-state index in [9.17, 15) is 8.42 Å². The number of benzene rings is 1. The zero-order chi connectivity index (χ0) is 10.9. The van der Waals surface area contributed by atoms with Gasteiger partial charge in [0.25, 0.3) is 10.0 Å². The normalized spacial score (nSPS) is 11.7.